The highest BCUT2D eigenvalue weighted by Gasteiger charge is 2.30. The molecule has 0 bridgehead atoms. The summed E-state index contributed by atoms with van der Waals surface area (Å²) < 4.78 is 13.0. The fourth-order valence-corrected chi connectivity index (χ4v) is 9.10. The van der Waals surface area contributed by atoms with Crippen LogP contribution < -0.4 is 5.32 Å². The van der Waals surface area contributed by atoms with Crippen LogP contribution >= 0.6 is 0 Å². The predicted octanol–water partition coefficient (Wildman–Crippen LogP) is 14.4. The molecule has 2 unspecified atom stereocenters. The van der Waals surface area contributed by atoms with Crippen molar-refractivity contribution >= 4 is 60.5 Å². The lowest BCUT2D eigenvalue weighted by molar-refractivity contribution is 0.488. The number of furan rings is 2. The molecule has 0 fully saturated rings. The number of para-hydroxylation sites is 3. The second kappa shape index (κ2) is 14.2. The minimum atomic E-state index is -0.254. The zero-order valence-corrected chi connectivity index (χ0v) is 33.0. The summed E-state index contributed by atoms with van der Waals surface area (Å²) in [4.78, 5) is 10.5. The summed E-state index contributed by atoms with van der Waals surface area (Å²) in [5.41, 5.74) is 15.8. The first-order chi connectivity index (χ1) is 30.1. The molecule has 8 aromatic carbocycles. The number of aromatic nitrogens is 1. The maximum absolute atomic E-state index is 6.60. The third-order valence-corrected chi connectivity index (χ3v) is 12.2. The molecule has 3 aromatic heterocycles. The van der Waals surface area contributed by atoms with Gasteiger partial charge in [0.1, 0.15) is 28.5 Å². The third-order valence-electron chi connectivity index (χ3n) is 12.2. The molecule has 4 heterocycles. The van der Waals surface area contributed by atoms with Crippen molar-refractivity contribution in [2.24, 2.45) is 4.99 Å². The summed E-state index contributed by atoms with van der Waals surface area (Å²) in [7, 11) is 0. The molecule has 5 nitrogen and oxygen atoms in total. The number of nitrogens with one attached hydrogen (secondary N) is 1. The number of hydrogen-bond acceptors (Lipinski definition) is 5. The van der Waals surface area contributed by atoms with E-state index < -0.39 is 0 Å². The molecule has 5 heteroatoms. The number of pyridine rings is 1. The number of benzene rings is 8. The maximum atomic E-state index is 6.60. The molecule has 0 radical (unpaired) electrons. The molecular weight excluding hydrogens is 747 g/mol. The Hall–Kier alpha value is -7.86. The highest BCUT2D eigenvalue weighted by Crippen LogP contribution is 2.42. The van der Waals surface area contributed by atoms with Crippen LogP contribution in [0.4, 0.5) is 0 Å². The van der Waals surface area contributed by atoms with Gasteiger partial charge in [0, 0.05) is 38.2 Å². The molecule has 0 saturated heterocycles. The van der Waals surface area contributed by atoms with E-state index in [0.717, 1.165) is 116 Å². The van der Waals surface area contributed by atoms with E-state index in [4.69, 9.17) is 18.8 Å². The second-order valence-corrected chi connectivity index (χ2v) is 15.8. The van der Waals surface area contributed by atoms with Gasteiger partial charge in [-0.1, -0.05) is 170 Å². The second-order valence-electron chi connectivity index (χ2n) is 15.8. The Morgan fingerprint density at radius 1 is 0.459 bits per heavy atom. The van der Waals surface area contributed by atoms with Crippen molar-refractivity contribution in [3.63, 3.8) is 0 Å². The number of fused-ring (bicyclic) bond motifs is 8. The summed E-state index contributed by atoms with van der Waals surface area (Å²) in [6.45, 7) is 4.67. The van der Waals surface area contributed by atoms with E-state index in [1.54, 1.807) is 0 Å². The van der Waals surface area contributed by atoms with Gasteiger partial charge in [-0.25, -0.2) is 4.98 Å². The SMILES string of the molecule is C=C1C(c2ccc(-c3ccc4oc5c6ccccc6nc(-c6ccccc6)c5c4c3)cc2)=NC(c2ccccc2)NC1c1ccc(-c2cccc3c2oc2ccccc23)cc1. The smallest absolute Gasteiger partial charge is 0.147 e. The molecule has 12 rings (SSSR count). The van der Waals surface area contributed by atoms with Crippen molar-refractivity contribution in [2.45, 2.75) is 12.2 Å². The first-order valence-electron chi connectivity index (χ1n) is 20.6. The van der Waals surface area contributed by atoms with Crippen LogP contribution in [0, 0.1) is 0 Å². The van der Waals surface area contributed by atoms with Crippen molar-refractivity contribution in [3.8, 4) is 33.5 Å². The fraction of sp³-hybridized carbons (Fsp3) is 0.0357. The fourth-order valence-electron chi connectivity index (χ4n) is 9.10. The van der Waals surface area contributed by atoms with Crippen LogP contribution in [0.2, 0.25) is 0 Å². The Balaban J connectivity index is 0.901. The molecule has 0 aliphatic carbocycles. The lowest BCUT2D eigenvalue weighted by Gasteiger charge is -2.32. The minimum absolute atomic E-state index is 0.159. The van der Waals surface area contributed by atoms with Gasteiger partial charge in [0.15, 0.2) is 0 Å². The Kier molecular flexibility index (Phi) is 8.15. The highest BCUT2D eigenvalue weighted by atomic mass is 16.3. The van der Waals surface area contributed by atoms with E-state index in [-0.39, 0.29) is 12.2 Å². The highest BCUT2D eigenvalue weighted by molar-refractivity contribution is 6.20. The van der Waals surface area contributed by atoms with E-state index in [2.05, 4.69) is 164 Å². The summed E-state index contributed by atoms with van der Waals surface area (Å²) in [5.74, 6) is 0. The lowest BCUT2D eigenvalue weighted by Crippen LogP contribution is -2.34. The molecule has 0 saturated carbocycles. The van der Waals surface area contributed by atoms with E-state index in [0.29, 0.717) is 0 Å². The standard InChI is InChI=1S/C56H37N3O2/c1-34-51(38-27-23-35(24-28-38)41-31-32-49-46(33-41)50-53(37-13-4-2-5-14-37)57-47-21-10-8-18-45(47)55(50)61-49)58-56(40-15-6-3-7-16-40)59-52(34)39-29-25-36(26-30-39)42-19-12-20-44-43-17-9-11-22-48(43)60-54(42)44/h2-33,52,56,59H,1H2. The first-order valence-corrected chi connectivity index (χ1v) is 20.6. The van der Waals surface area contributed by atoms with Gasteiger partial charge in [-0.15, -0.1) is 0 Å². The van der Waals surface area contributed by atoms with Gasteiger partial charge in [0.05, 0.1) is 28.4 Å². The van der Waals surface area contributed by atoms with Crippen molar-refractivity contribution in [1.29, 1.82) is 0 Å². The average Bonchev–Trinajstić information content (AvgIpc) is 3.91. The zero-order valence-electron chi connectivity index (χ0n) is 33.0. The van der Waals surface area contributed by atoms with Crippen LogP contribution in [0.1, 0.15) is 28.9 Å². The summed E-state index contributed by atoms with van der Waals surface area (Å²) in [6, 6.07) is 67.4. The van der Waals surface area contributed by atoms with Crippen LogP contribution in [0.5, 0.6) is 0 Å². The minimum Gasteiger partial charge on any atom is -0.455 e. The molecule has 1 aliphatic heterocycles. The van der Waals surface area contributed by atoms with E-state index in [1.807, 2.05) is 42.5 Å². The van der Waals surface area contributed by atoms with Gasteiger partial charge >= 0.3 is 0 Å². The van der Waals surface area contributed by atoms with Gasteiger partial charge in [0.2, 0.25) is 0 Å². The van der Waals surface area contributed by atoms with E-state index >= 15 is 0 Å². The first kappa shape index (κ1) is 35.1. The number of aliphatic imine (C=N–C) groups is 1. The monoisotopic (exact) mass is 783 g/mol. The summed E-state index contributed by atoms with van der Waals surface area (Å²) in [6.07, 6.45) is -0.254. The largest absolute Gasteiger partial charge is 0.455 e. The maximum Gasteiger partial charge on any atom is 0.147 e. The molecule has 0 spiro atoms. The number of hydrogen-bond donors (Lipinski definition) is 1. The van der Waals surface area contributed by atoms with Crippen LogP contribution in [-0.2, 0) is 0 Å². The van der Waals surface area contributed by atoms with Crippen molar-refractivity contribution in [3.05, 3.63) is 223 Å². The van der Waals surface area contributed by atoms with Gasteiger partial charge in [-0.05, 0) is 63.7 Å². The molecule has 11 aromatic rings. The summed E-state index contributed by atoms with van der Waals surface area (Å²) in [5, 5.41) is 9.13. The Morgan fingerprint density at radius 2 is 1.10 bits per heavy atom. The van der Waals surface area contributed by atoms with Crippen molar-refractivity contribution in [2.75, 3.05) is 0 Å². The topological polar surface area (TPSA) is 63.6 Å². The Bertz CT molecular complexity index is 3510. The van der Waals surface area contributed by atoms with Gasteiger partial charge in [-0.2, -0.15) is 0 Å². The quantitative estimate of drug-likeness (QED) is 0.182. The molecule has 61 heavy (non-hydrogen) atoms. The third kappa shape index (κ3) is 5.89. The Labute approximate surface area is 352 Å². The molecule has 1 aliphatic rings. The van der Waals surface area contributed by atoms with Gasteiger partial charge in [0.25, 0.3) is 0 Å². The van der Waals surface area contributed by atoms with Gasteiger partial charge < -0.3 is 8.83 Å². The lowest BCUT2D eigenvalue weighted by atomic mass is 9.88. The number of rotatable bonds is 6. The average molecular weight is 784 g/mol. The van der Waals surface area contributed by atoms with Crippen LogP contribution in [0.15, 0.2) is 220 Å². The number of nitrogens with zero attached hydrogens (tertiary/aromatic N) is 2. The predicted molar refractivity (Wildman–Crippen MR) is 250 cm³/mol. The van der Waals surface area contributed by atoms with Crippen LogP contribution in [0.25, 0.3) is 88.3 Å². The molecule has 2 atom stereocenters. The van der Waals surface area contributed by atoms with Crippen LogP contribution in [-0.4, -0.2) is 10.7 Å². The van der Waals surface area contributed by atoms with Crippen molar-refractivity contribution in [1.82, 2.24) is 10.3 Å². The Morgan fingerprint density at radius 3 is 1.92 bits per heavy atom. The summed E-state index contributed by atoms with van der Waals surface area (Å²) >= 11 is 0. The van der Waals surface area contributed by atoms with Crippen molar-refractivity contribution < 1.29 is 8.83 Å². The van der Waals surface area contributed by atoms with E-state index in [1.165, 1.54) is 0 Å². The molecule has 0 amide bonds. The normalized spacial score (nSPS) is 15.6. The molecule has 288 valence electrons. The van der Waals surface area contributed by atoms with Crippen LogP contribution in [0.3, 0.4) is 0 Å². The molecular formula is C56H37N3O2. The van der Waals surface area contributed by atoms with E-state index in [9.17, 15) is 0 Å². The molecule has 1 N–H and O–H groups in total. The zero-order chi connectivity index (χ0) is 40.4. The van der Waals surface area contributed by atoms with Gasteiger partial charge in [-0.3, -0.25) is 10.3 Å².